The third kappa shape index (κ3) is 3.65. The van der Waals surface area contributed by atoms with Crippen LogP contribution in [0.25, 0.3) is 0 Å². The lowest BCUT2D eigenvalue weighted by molar-refractivity contribution is -0.153. The summed E-state index contributed by atoms with van der Waals surface area (Å²) in [5, 5.41) is 12.7. The van der Waals surface area contributed by atoms with Gasteiger partial charge in [-0.3, -0.25) is 19.4 Å². The molecule has 31 heavy (non-hydrogen) atoms. The van der Waals surface area contributed by atoms with Gasteiger partial charge in [-0.05, 0) is 30.5 Å². The molecule has 1 aliphatic carbocycles. The predicted molar refractivity (Wildman–Crippen MR) is 110 cm³/mol. The molecule has 1 saturated carbocycles. The number of nitrogens with zero attached hydrogens (tertiary/aromatic N) is 2. The highest BCUT2D eigenvalue weighted by Gasteiger charge is 2.64. The monoisotopic (exact) mass is 431 g/mol. The van der Waals surface area contributed by atoms with Crippen molar-refractivity contribution in [1.82, 2.24) is 15.3 Å². The second kappa shape index (κ2) is 8.12. The molecule has 2 N–H and O–H groups in total. The van der Waals surface area contributed by atoms with Gasteiger partial charge in [-0.15, -0.1) is 0 Å². The smallest absolute Gasteiger partial charge is 0.308 e. The molecule has 0 spiro atoms. The fraction of sp³-hybridized carbons (Fsp3) is 0.591. The van der Waals surface area contributed by atoms with Gasteiger partial charge in [0, 0.05) is 26.4 Å². The van der Waals surface area contributed by atoms with Crippen LogP contribution in [0.2, 0.25) is 0 Å². The molecule has 2 heterocycles. The zero-order valence-electron chi connectivity index (χ0n) is 18.1. The van der Waals surface area contributed by atoms with Gasteiger partial charge in [0.2, 0.25) is 11.6 Å². The Labute approximate surface area is 181 Å². The van der Waals surface area contributed by atoms with Crippen molar-refractivity contribution in [3.63, 3.8) is 0 Å². The molecule has 0 bridgehead atoms. The van der Waals surface area contributed by atoms with Crippen molar-refractivity contribution in [3.05, 3.63) is 23.8 Å². The van der Waals surface area contributed by atoms with Crippen LogP contribution in [0.3, 0.4) is 0 Å². The number of hydrogen-bond donors (Lipinski definition) is 2. The Bertz CT molecular complexity index is 899. The van der Waals surface area contributed by atoms with Gasteiger partial charge >= 0.3 is 5.97 Å². The quantitative estimate of drug-likeness (QED) is 0.549. The Balaban J connectivity index is 1.69. The number of amides is 2. The molecule has 3 atom stereocenters. The molecule has 168 valence electrons. The summed E-state index contributed by atoms with van der Waals surface area (Å²) < 4.78 is 10.6. The summed E-state index contributed by atoms with van der Waals surface area (Å²) in [6, 6.07) is 4.54. The minimum atomic E-state index is -1.84. The van der Waals surface area contributed by atoms with E-state index in [0.717, 1.165) is 25.7 Å². The summed E-state index contributed by atoms with van der Waals surface area (Å²) in [6.45, 7) is 3.05. The lowest BCUT2D eigenvalue weighted by atomic mass is 9.88. The van der Waals surface area contributed by atoms with Crippen molar-refractivity contribution in [1.29, 1.82) is 0 Å². The molecule has 3 fully saturated rings. The summed E-state index contributed by atoms with van der Waals surface area (Å²) in [5.74, 6) is -1.11. The summed E-state index contributed by atoms with van der Waals surface area (Å²) in [5.41, 5.74) is 1.64. The average Bonchev–Trinajstić information content (AvgIpc) is 3.18. The van der Waals surface area contributed by atoms with Gasteiger partial charge in [-0.2, -0.15) is 5.43 Å². The van der Waals surface area contributed by atoms with E-state index in [2.05, 4.69) is 5.43 Å². The number of methoxy groups -OCH3 is 1. The molecule has 0 unspecified atom stereocenters. The minimum absolute atomic E-state index is 0.116. The third-order valence-electron chi connectivity index (χ3n) is 6.60. The number of fused-ring (bicyclic) bond motifs is 1. The Morgan fingerprint density at radius 1 is 1.16 bits per heavy atom. The molecule has 1 aromatic carbocycles. The first kappa shape index (κ1) is 21.6. The van der Waals surface area contributed by atoms with Crippen LogP contribution in [0.5, 0.6) is 11.5 Å². The van der Waals surface area contributed by atoms with Crippen LogP contribution in [-0.4, -0.2) is 58.2 Å². The van der Waals surface area contributed by atoms with Crippen LogP contribution >= 0.6 is 0 Å². The van der Waals surface area contributed by atoms with Gasteiger partial charge in [0.15, 0.2) is 11.5 Å². The zero-order valence-corrected chi connectivity index (χ0v) is 18.1. The second-order valence-electron chi connectivity index (χ2n) is 8.57. The van der Waals surface area contributed by atoms with E-state index < -0.39 is 23.7 Å². The van der Waals surface area contributed by atoms with Crippen LogP contribution in [0, 0.1) is 5.92 Å². The van der Waals surface area contributed by atoms with Crippen molar-refractivity contribution in [3.8, 4) is 11.5 Å². The summed E-state index contributed by atoms with van der Waals surface area (Å²) >= 11 is 0. The number of benzene rings is 1. The first-order valence-corrected chi connectivity index (χ1v) is 10.7. The first-order chi connectivity index (χ1) is 14.8. The highest BCUT2D eigenvalue weighted by Crippen LogP contribution is 2.47. The predicted octanol–water partition coefficient (Wildman–Crippen LogP) is 1.51. The zero-order chi connectivity index (χ0) is 22.3. The number of aliphatic hydroxyl groups is 1. The molecule has 0 radical (unpaired) electrons. The number of carbonyl (C=O) groups is 3. The average molecular weight is 431 g/mol. The Morgan fingerprint density at radius 3 is 2.48 bits per heavy atom. The van der Waals surface area contributed by atoms with Gasteiger partial charge in [0.25, 0.3) is 5.91 Å². The minimum Gasteiger partial charge on any atom is -0.493 e. The number of hydrazine groups is 1. The topological polar surface area (TPSA) is 108 Å². The molecule has 2 aliphatic heterocycles. The van der Waals surface area contributed by atoms with E-state index in [1.807, 2.05) is 0 Å². The van der Waals surface area contributed by atoms with E-state index in [1.165, 1.54) is 32.4 Å². The maximum Gasteiger partial charge on any atom is 0.308 e. The van der Waals surface area contributed by atoms with E-state index in [4.69, 9.17) is 9.47 Å². The summed E-state index contributed by atoms with van der Waals surface area (Å²) in [4.78, 5) is 38.8. The van der Waals surface area contributed by atoms with Gasteiger partial charge < -0.3 is 19.5 Å². The van der Waals surface area contributed by atoms with Gasteiger partial charge in [-0.1, -0.05) is 25.3 Å². The molecular weight excluding hydrogens is 402 g/mol. The maximum absolute atomic E-state index is 13.2. The number of likely N-dealkylation sites (tertiary alicyclic amines) is 1. The van der Waals surface area contributed by atoms with Gasteiger partial charge in [0.1, 0.15) is 0 Å². The number of esters is 1. The van der Waals surface area contributed by atoms with Gasteiger partial charge in [0.05, 0.1) is 19.1 Å². The Morgan fingerprint density at radius 2 is 1.87 bits per heavy atom. The van der Waals surface area contributed by atoms with Crippen LogP contribution in [0.4, 0.5) is 0 Å². The van der Waals surface area contributed by atoms with Crippen molar-refractivity contribution in [2.75, 3.05) is 13.7 Å². The molecule has 0 aromatic heterocycles. The Hall–Kier alpha value is -2.65. The van der Waals surface area contributed by atoms with Crippen molar-refractivity contribution in [2.45, 2.75) is 63.8 Å². The standard InChI is InChI=1S/C22H29N3O6/c1-13(26)25-20(15-9-10-18(31-14(2)27)19(11-15)30-3)17-12-24(16-7-5-4-6-8-16)21(28)22(17,29)23-25/h9-11,16-17,20,23,29H,4-8,12H2,1-3H3/t17-,20-,22-/m1/s1. The normalized spacial score (nSPS) is 28.6. The van der Waals surface area contributed by atoms with Crippen LogP contribution < -0.4 is 14.9 Å². The summed E-state index contributed by atoms with van der Waals surface area (Å²) in [7, 11) is 1.46. The fourth-order valence-electron chi connectivity index (χ4n) is 5.17. The fourth-order valence-corrected chi connectivity index (χ4v) is 5.17. The van der Waals surface area contributed by atoms with E-state index in [-0.39, 0.29) is 23.6 Å². The lowest BCUT2D eigenvalue weighted by Gasteiger charge is -2.34. The number of nitrogens with one attached hydrogen (secondary N) is 1. The maximum atomic E-state index is 13.2. The Kier molecular flexibility index (Phi) is 5.65. The van der Waals surface area contributed by atoms with E-state index in [0.29, 0.717) is 17.9 Å². The van der Waals surface area contributed by atoms with Crippen LogP contribution in [-0.2, 0) is 14.4 Å². The third-order valence-corrected chi connectivity index (χ3v) is 6.60. The number of carbonyl (C=O) groups excluding carboxylic acids is 3. The molecule has 9 heteroatoms. The number of ether oxygens (including phenoxy) is 2. The van der Waals surface area contributed by atoms with Crippen molar-refractivity contribution < 1.29 is 29.0 Å². The van der Waals surface area contributed by atoms with E-state index in [9.17, 15) is 19.5 Å². The van der Waals surface area contributed by atoms with E-state index >= 15 is 0 Å². The second-order valence-corrected chi connectivity index (χ2v) is 8.57. The molecule has 2 saturated heterocycles. The molecule has 2 amide bonds. The molecular formula is C22H29N3O6. The first-order valence-electron chi connectivity index (χ1n) is 10.7. The SMILES string of the molecule is COc1cc([C@@H]2[C@H]3CN(C4CCCCC4)C(=O)[C@@]3(O)NN2C(C)=O)ccc1OC(C)=O. The van der Waals surface area contributed by atoms with Gasteiger partial charge in [-0.25, -0.2) is 0 Å². The largest absolute Gasteiger partial charge is 0.493 e. The van der Waals surface area contributed by atoms with Crippen LogP contribution in [0.15, 0.2) is 18.2 Å². The molecule has 4 rings (SSSR count). The van der Waals surface area contributed by atoms with Crippen LogP contribution in [0.1, 0.15) is 57.6 Å². The molecule has 1 aromatic rings. The highest BCUT2D eigenvalue weighted by molar-refractivity contribution is 5.89. The van der Waals surface area contributed by atoms with Crippen molar-refractivity contribution in [2.24, 2.45) is 5.92 Å². The summed E-state index contributed by atoms with van der Waals surface area (Å²) in [6.07, 6.45) is 5.17. The highest BCUT2D eigenvalue weighted by atomic mass is 16.6. The van der Waals surface area contributed by atoms with E-state index in [1.54, 1.807) is 23.1 Å². The molecule has 3 aliphatic rings. The molecule has 9 nitrogen and oxygen atoms in total. The number of hydrogen-bond acceptors (Lipinski definition) is 7. The lowest BCUT2D eigenvalue weighted by Crippen LogP contribution is -2.56. The number of rotatable bonds is 4. The van der Waals surface area contributed by atoms with Crippen molar-refractivity contribution >= 4 is 17.8 Å².